The van der Waals surface area contributed by atoms with E-state index in [1.54, 1.807) is 18.2 Å². The van der Waals surface area contributed by atoms with Crippen molar-refractivity contribution in [3.63, 3.8) is 0 Å². The number of hydrogen-bond acceptors (Lipinski definition) is 7. The quantitative estimate of drug-likeness (QED) is 0.518. The minimum absolute atomic E-state index is 0.0332. The monoisotopic (exact) mass is 437 g/mol. The summed E-state index contributed by atoms with van der Waals surface area (Å²) in [5.41, 5.74) is 0.498. The average molecular weight is 438 g/mol. The first kappa shape index (κ1) is 23.6. The van der Waals surface area contributed by atoms with Gasteiger partial charge in [0.15, 0.2) is 5.78 Å². The summed E-state index contributed by atoms with van der Waals surface area (Å²) in [6.45, 7) is 0.551. The molecule has 0 saturated carbocycles. The molecule has 30 heavy (non-hydrogen) atoms. The van der Waals surface area contributed by atoms with Gasteiger partial charge in [-0.3, -0.25) is 4.79 Å². The largest absolute Gasteiger partial charge is 0.507 e. The second kappa shape index (κ2) is 11.5. The van der Waals surface area contributed by atoms with Gasteiger partial charge < -0.3 is 14.6 Å². The topological polar surface area (TPSA) is 119 Å². The maximum Gasteiger partial charge on any atom is 0.342 e. The molecule has 2 rings (SSSR count). The Kier molecular flexibility index (Phi) is 9.07. The number of carbonyl (C=O) groups excluding carboxylic acids is 2. The number of esters is 1. The molecular weight excluding hydrogens is 410 g/mol. The Labute approximate surface area is 176 Å². The number of phenolic OH excluding ortho intramolecular Hbond substituents is 1. The highest BCUT2D eigenvalue weighted by atomic mass is 32.2. The van der Waals surface area contributed by atoms with E-state index in [1.807, 2.05) is 6.08 Å². The molecule has 0 saturated heterocycles. The summed E-state index contributed by atoms with van der Waals surface area (Å²) in [7, 11) is -3.25. The van der Waals surface area contributed by atoms with Crippen LogP contribution in [-0.2, 0) is 19.6 Å². The van der Waals surface area contributed by atoms with Crippen molar-refractivity contribution in [1.82, 2.24) is 4.72 Å². The van der Waals surface area contributed by atoms with E-state index in [9.17, 15) is 23.1 Å². The molecule has 0 spiro atoms. The van der Waals surface area contributed by atoms with E-state index in [4.69, 9.17) is 9.47 Å². The molecule has 0 bridgehead atoms. The van der Waals surface area contributed by atoms with Gasteiger partial charge in [-0.05, 0) is 43.4 Å². The molecule has 8 nitrogen and oxygen atoms in total. The Balaban J connectivity index is 2.13. The zero-order valence-electron chi connectivity index (χ0n) is 16.9. The molecule has 164 valence electrons. The van der Waals surface area contributed by atoms with Gasteiger partial charge in [0.2, 0.25) is 10.0 Å². The van der Waals surface area contributed by atoms with Crippen LogP contribution in [0.4, 0.5) is 0 Å². The van der Waals surface area contributed by atoms with Crippen molar-refractivity contribution in [3.05, 3.63) is 41.5 Å². The molecule has 1 aliphatic heterocycles. The Bertz CT molecular complexity index is 920. The number of allylic oxidation sites excluding steroid dienone is 2. The van der Waals surface area contributed by atoms with Gasteiger partial charge in [0.1, 0.15) is 17.1 Å². The summed E-state index contributed by atoms with van der Waals surface area (Å²) in [6, 6.07) is 2.95. The van der Waals surface area contributed by atoms with Gasteiger partial charge >= 0.3 is 5.97 Å². The second-order valence-electron chi connectivity index (χ2n) is 6.86. The van der Waals surface area contributed by atoms with Crippen LogP contribution in [0.3, 0.4) is 0 Å². The van der Waals surface area contributed by atoms with Gasteiger partial charge in [-0.15, -0.1) is 0 Å². The van der Waals surface area contributed by atoms with E-state index in [2.05, 4.69) is 4.72 Å². The minimum atomic E-state index is -3.25. The van der Waals surface area contributed by atoms with Gasteiger partial charge in [0.05, 0.1) is 19.5 Å². The number of sulfonamides is 1. The van der Waals surface area contributed by atoms with Crippen molar-refractivity contribution in [2.75, 3.05) is 26.0 Å². The van der Waals surface area contributed by atoms with Crippen molar-refractivity contribution in [2.45, 2.75) is 32.1 Å². The fraction of sp³-hybridized carbons (Fsp3) is 0.429. The van der Waals surface area contributed by atoms with Crippen molar-refractivity contribution in [2.24, 2.45) is 0 Å². The van der Waals surface area contributed by atoms with Crippen molar-refractivity contribution < 1.29 is 32.6 Å². The first-order valence-corrected chi connectivity index (χ1v) is 11.6. The lowest BCUT2D eigenvalue weighted by Crippen LogP contribution is -2.24. The maximum atomic E-state index is 12.5. The fourth-order valence-corrected chi connectivity index (χ4v) is 3.29. The smallest absolute Gasteiger partial charge is 0.342 e. The Hall–Kier alpha value is -2.65. The van der Waals surface area contributed by atoms with Crippen LogP contribution in [0.1, 0.15) is 48.0 Å². The number of fused-ring (bicyclic) bond motifs is 1. The zero-order chi connectivity index (χ0) is 22.0. The number of phenols is 1. The molecular formula is C21H27NO7S. The standard InChI is InChI=1S/C21H27NO7S/c1-30(26,27)22-11-7-13-28-18-14-16-8-3-2-4-9-17(23)10-5-6-12-29-21(25)20(16)19(24)15-18/h3,5,8,10,14-15,22,24H,2,4,6-7,9,11-13H2,1H3/b8-3+,10-5-. The fourth-order valence-electron chi connectivity index (χ4n) is 2.77. The predicted octanol–water partition coefficient (Wildman–Crippen LogP) is 2.58. The number of hydrogen-bond donors (Lipinski definition) is 2. The number of cyclic esters (lactones) is 1. The summed E-state index contributed by atoms with van der Waals surface area (Å²) < 4.78 is 35.3. The summed E-state index contributed by atoms with van der Waals surface area (Å²) in [5, 5.41) is 10.4. The molecule has 0 unspecified atom stereocenters. The summed E-state index contributed by atoms with van der Waals surface area (Å²) >= 11 is 0. The van der Waals surface area contributed by atoms with Gasteiger partial charge in [0, 0.05) is 19.0 Å². The third-order valence-corrected chi connectivity index (χ3v) is 4.92. The number of nitrogens with one attached hydrogen (secondary N) is 1. The molecule has 2 N–H and O–H groups in total. The molecule has 0 aromatic heterocycles. The molecule has 1 aromatic carbocycles. The number of ether oxygens (including phenoxy) is 2. The SMILES string of the molecule is CS(=O)(=O)NCCCOc1cc(O)c2c(c1)/C=C/CCCC(=O)/C=C\CCOC2=O. The van der Waals surface area contributed by atoms with Crippen LogP contribution in [0.25, 0.3) is 6.08 Å². The number of aromatic hydroxyl groups is 1. The molecule has 1 heterocycles. The maximum absolute atomic E-state index is 12.5. The second-order valence-corrected chi connectivity index (χ2v) is 8.70. The molecule has 0 aliphatic carbocycles. The summed E-state index contributed by atoms with van der Waals surface area (Å²) in [6.07, 6.45) is 10.4. The van der Waals surface area contributed by atoms with Crippen LogP contribution in [-0.4, -0.2) is 51.3 Å². The van der Waals surface area contributed by atoms with Crippen molar-refractivity contribution in [1.29, 1.82) is 0 Å². The average Bonchev–Trinajstić information content (AvgIpc) is 2.65. The Morgan fingerprint density at radius 1 is 1.17 bits per heavy atom. The van der Waals surface area contributed by atoms with Gasteiger partial charge in [-0.1, -0.05) is 18.2 Å². The minimum Gasteiger partial charge on any atom is -0.507 e. The van der Waals surface area contributed by atoms with E-state index < -0.39 is 16.0 Å². The van der Waals surface area contributed by atoms with Crippen LogP contribution in [0.15, 0.2) is 30.4 Å². The zero-order valence-corrected chi connectivity index (χ0v) is 17.7. The highest BCUT2D eigenvalue weighted by Crippen LogP contribution is 2.30. The van der Waals surface area contributed by atoms with Crippen molar-refractivity contribution >= 4 is 27.9 Å². The molecule has 0 fully saturated rings. The number of benzene rings is 1. The van der Waals surface area contributed by atoms with Crippen molar-refractivity contribution in [3.8, 4) is 11.5 Å². The lowest BCUT2D eigenvalue weighted by Gasteiger charge is -2.13. The van der Waals surface area contributed by atoms with Crippen LogP contribution in [0.2, 0.25) is 0 Å². The van der Waals surface area contributed by atoms with Crippen LogP contribution < -0.4 is 9.46 Å². The third kappa shape index (κ3) is 8.38. The first-order valence-electron chi connectivity index (χ1n) is 9.74. The normalized spacial score (nSPS) is 18.0. The number of ketones is 1. The van der Waals surface area contributed by atoms with Gasteiger partial charge in [-0.2, -0.15) is 0 Å². The van der Waals surface area contributed by atoms with Crippen LogP contribution in [0.5, 0.6) is 11.5 Å². The Morgan fingerprint density at radius 3 is 2.70 bits per heavy atom. The first-order chi connectivity index (χ1) is 14.3. The molecule has 1 aliphatic rings. The predicted molar refractivity (Wildman–Crippen MR) is 113 cm³/mol. The van der Waals surface area contributed by atoms with E-state index >= 15 is 0 Å². The molecule has 0 atom stereocenters. The highest BCUT2D eigenvalue weighted by molar-refractivity contribution is 7.88. The van der Waals surface area contributed by atoms with Gasteiger partial charge in [-0.25, -0.2) is 17.9 Å². The number of carbonyl (C=O) groups is 2. The molecule has 1 aromatic rings. The van der Waals surface area contributed by atoms with Crippen LogP contribution in [0, 0.1) is 0 Å². The molecule has 9 heteroatoms. The summed E-state index contributed by atoms with van der Waals surface area (Å²) in [5.74, 6) is -0.537. The highest BCUT2D eigenvalue weighted by Gasteiger charge is 2.19. The van der Waals surface area contributed by atoms with E-state index in [0.29, 0.717) is 43.4 Å². The lowest BCUT2D eigenvalue weighted by atomic mass is 10.0. The van der Waals surface area contributed by atoms with Crippen LogP contribution >= 0.6 is 0 Å². The third-order valence-electron chi connectivity index (χ3n) is 4.19. The van der Waals surface area contributed by atoms with E-state index in [-0.39, 0.29) is 36.9 Å². The Morgan fingerprint density at radius 2 is 1.93 bits per heavy atom. The summed E-state index contributed by atoms with van der Waals surface area (Å²) in [4.78, 5) is 24.2. The molecule has 0 radical (unpaired) electrons. The van der Waals surface area contributed by atoms with Gasteiger partial charge in [0.25, 0.3) is 0 Å². The lowest BCUT2D eigenvalue weighted by molar-refractivity contribution is -0.114. The van der Waals surface area contributed by atoms with E-state index in [1.165, 1.54) is 12.1 Å². The molecule has 0 amide bonds. The van der Waals surface area contributed by atoms with E-state index in [0.717, 1.165) is 6.26 Å². The number of rotatable bonds is 6.